The zero-order valence-corrected chi connectivity index (χ0v) is 20.8. The molecule has 27 heavy (non-hydrogen) atoms. The van der Waals surface area contributed by atoms with Crippen molar-refractivity contribution in [2.75, 3.05) is 0 Å². The van der Waals surface area contributed by atoms with Crippen LogP contribution in [0.4, 0.5) is 0 Å². The van der Waals surface area contributed by atoms with E-state index in [1.54, 1.807) is 6.42 Å². The molecule has 2 bridgehead atoms. The standard InChI is InChI=1S/C14H26.C13H26/c1-9(2)12-7-11-6-10(12)8-13(11)14(3,4)5;1-12(2,3)10-7-8-11(9-10)13(4,5)6/h9-13H,6-8H2,1-5H3;10-11H,7-9H2,1-6H3/t10-,11?,12?,13?;/m1./s1. The van der Waals surface area contributed by atoms with E-state index in [1.165, 1.54) is 32.1 Å². The first kappa shape index (κ1) is 23.3. The van der Waals surface area contributed by atoms with Crippen molar-refractivity contribution >= 4 is 0 Å². The quantitative estimate of drug-likeness (QED) is 0.428. The summed E-state index contributed by atoms with van der Waals surface area (Å²) >= 11 is 0. The van der Waals surface area contributed by atoms with Gasteiger partial charge in [0, 0.05) is 0 Å². The van der Waals surface area contributed by atoms with Gasteiger partial charge in [-0.25, -0.2) is 0 Å². The third-order valence-corrected chi connectivity index (χ3v) is 8.76. The lowest BCUT2D eigenvalue weighted by molar-refractivity contribution is 0.119. The fraction of sp³-hybridized carbons (Fsp3) is 1.00. The van der Waals surface area contributed by atoms with Gasteiger partial charge in [-0.15, -0.1) is 0 Å². The van der Waals surface area contributed by atoms with E-state index < -0.39 is 0 Å². The summed E-state index contributed by atoms with van der Waals surface area (Å²) in [5, 5.41) is 0. The molecule has 160 valence electrons. The largest absolute Gasteiger partial charge is 0.0625 e. The van der Waals surface area contributed by atoms with E-state index in [4.69, 9.17) is 0 Å². The molecule has 6 atom stereocenters. The molecule has 0 saturated heterocycles. The summed E-state index contributed by atoms with van der Waals surface area (Å²) in [7, 11) is 0. The van der Waals surface area contributed by atoms with Crippen molar-refractivity contribution in [2.45, 2.75) is 115 Å². The smallest absolute Gasteiger partial charge is 0.0334 e. The minimum absolute atomic E-state index is 0.528. The summed E-state index contributed by atoms with van der Waals surface area (Å²) in [6.45, 7) is 26.5. The van der Waals surface area contributed by atoms with Crippen molar-refractivity contribution in [1.82, 2.24) is 0 Å². The lowest BCUT2D eigenvalue weighted by Gasteiger charge is -2.37. The van der Waals surface area contributed by atoms with E-state index in [-0.39, 0.29) is 0 Å². The van der Waals surface area contributed by atoms with Crippen LogP contribution in [0.15, 0.2) is 0 Å². The Balaban J connectivity index is 0.000000194. The molecule has 0 nitrogen and oxygen atoms in total. The van der Waals surface area contributed by atoms with Crippen LogP contribution in [0, 0.1) is 57.7 Å². The fourth-order valence-electron chi connectivity index (χ4n) is 6.75. The average molecular weight is 377 g/mol. The van der Waals surface area contributed by atoms with E-state index in [0.29, 0.717) is 16.2 Å². The van der Waals surface area contributed by atoms with Crippen molar-refractivity contribution < 1.29 is 0 Å². The second kappa shape index (κ2) is 8.02. The van der Waals surface area contributed by atoms with E-state index >= 15 is 0 Å². The Morgan fingerprint density at radius 1 is 0.556 bits per heavy atom. The van der Waals surface area contributed by atoms with Gasteiger partial charge in [-0.1, -0.05) is 76.2 Å². The van der Waals surface area contributed by atoms with Gasteiger partial charge in [0.1, 0.15) is 0 Å². The molecule has 0 aromatic rings. The van der Waals surface area contributed by atoms with E-state index in [9.17, 15) is 0 Å². The van der Waals surface area contributed by atoms with Crippen molar-refractivity contribution in [3.05, 3.63) is 0 Å². The third kappa shape index (κ3) is 5.76. The van der Waals surface area contributed by atoms with Crippen LogP contribution in [-0.2, 0) is 0 Å². The van der Waals surface area contributed by atoms with E-state index in [2.05, 4.69) is 76.2 Å². The summed E-state index contributed by atoms with van der Waals surface area (Å²) in [5.74, 6) is 7.04. The SMILES string of the molecule is CC(C)(C)C1CCC(C(C)(C)C)C1.CC(C)C1CC2C[C@@H]1CC2C(C)(C)C. The number of rotatable bonds is 1. The molecular formula is C27H52. The second-order valence-corrected chi connectivity index (χ2v) is 14.0. The van der Waals surface area contributed by atoms with Crippen molar-refractivity contribution in [3.8, 4) is 0 Å². The first-order valence-corrected chi connectivity index (χ1v) is 12.1. The van der Waals surface area contributed by atoms with Gasteiger partial charge in [0.25, 0.3) is 0 Å². The molecule has 3 fully saturated rings. The van der Waals surface area contributed by atoms with Crippen LogP contribution < -0.4 is 0 Å². The lowest BCUT2D eigenvalue weighted by Crippen LogP contribution is -2.29. The van der Waals surface area contributed by atoms with Gasteiger partial charge in [-0.3, -0.25) is 0 Å². The molecule has 0 radical (unpaired) electrons. The molecule has 3 aliphatic rings. The Labute approximate surface area is 172 Å². The fourth-order valence-corrected chi connectivity index (χ4v) is 6.75. The van der Waals surface area contributed by atoms with Crippen LogP contribution >= 0.6 is 0 Å². The topological polar surface area (TPSA) is 0 Å². The summed E-state index contributed by atoms with van der Waals surface area (Å²) < 4.78 is 0. The molecule has 3 aliphatic carbocycles. The second-order valence-electron chi connectivity index (χ2n) is 14.0. The number of fused-ring (bicyclic) bond motifs is 2. The van der Waals surface area contributed by atoms with Gasteiger partial charge in [0.2, 0.25) is 0 Å². The monoisotopic (exact) mass is 376 g/mol. The molecule has 3 saturated carbocycles. The Morgan fingerprint density at radius 2 is 1.04 bits per heavy atom. The maximum absolute atomic E-state index is 2.43. The first-order valence-electron chi connectivity index (χ1n) is 12.1. The first-order chi connectivity index (χ1) is 12.1. The molecule has 0 spiro atoms. The van der Waals surface area contributed by atoms with Crippen LogP contribution in [-0.4, -0.2) is 0 Å². The van der Waals surface area contributed by atoms with Crippen LogP contribution in [0.25, 0.3) is 0 Å². The Morgan fingerprint density at radius 3 is 1.30 bits per heavy atom. The van der Waals surface area contributed by atoms with Crippen LogP contribution in [0.2, 0.25) is 0 Å². The van der Waals surface area contributed by atoms with E-state index in [1.807, 2.05) is 0 Å². The van der Waals surface area contributed by atoms with Gasteiger partial charge in [0.05, 0.1) is 0 Å². The minimum Gasteiger partial charge on any atom is -0.0625 e. The molecule has 0 aliphatic heterocycles. The van der Waals surface area contributed by atoms with E-state index in [0.717, 1.165) is 41.4 Å². The summed E-state index contributed by atoms with van der Waals surface area (Å²) in [5.41, 5.74) is 1.61. The molecule has 0 amide bonds. The van der Waals surface area contributed by atoms with Crippen LogP contribution in [0.1, 0.15) is 115 Å². The molecule has 0 N–H and O–H groups in total. The van der Waals surface area contributed by atoms with Crippen molar-refractivity contribution in [2.24, 2.45) is 57.7 Å². The minimum atomic E-state index is 0.528. The molecule has 0 heterocycles. The molecule has 0 aromatic heterocycles. The predicted octanol–water partition coefficient (Wildman–Crippen LogP) is 8.85. The Hall–Kier alpha value is 0. The summed E-state index contributed by atoms with van der Waals surface area (Å²) in [4.78, 5) is 0. The van der Waals surface area contributed by atoms with Gasteiger partial charge < -0.3 is 0 Å². The maximum Gasteiger partial charge on any atom is -0.0334 e. The van der Waals surface area contributed by atoms with Crippen LogP contribution in [0.3, 0.4) is 0 Å². The molecule has 3 rings (SSSR count). The van der Waals surface area contributed by atoms with Crippen molar-refractivity contribution in [1.29, 1.82) is 0 Å². The van der Waals surface area contributed by atoms with Gasteiger partial charge in [-0.05, 0) is 96.2 Å². The maximum atomic E-state index is 2.43. The molecule has 0 heteroatoms. The van der Waals surface area contributed by atoms with Crippen molar-refractivity contribution in [3.63, 3.8) is 0 Å². The summed E-state index contributed by atoms with van der Waals surface area (Å²) in [6.07, 6.45) is 8.95. The highest BCUT2D eigenvalue weighted by Crippen LogP contribution is 2.58. The van der Waals surface area contributed by atoms with Crippen LogP contribution in [0.5, 0.6) is 0 Å². The molecule has 5 unspecified atom stereocenters. The van der Waals surface area contributed by atoms with Gasteiger partial charge in [-0.2, -0.15) is 0 Å². The Bertz CT molecular complexity index is 444. The number of hydrogen-bond donors (Lipinski definition) is 0. The molecule has 0 aromatic carbocycles. The summed E-state index contributed by atoms with van der Waals surface area (Å²) in [6, 6.07) is 0. The Kier molecular flexibility index (Phi) is 6.92. The zero-order valence-electron chi connectivity index (χ0n) is 20.8. The highest BCUT2D eigenvalue weighted by Gasteiger charge is 2.49. The predicted molar refractivity (Wildman–Crippen MR) is 122 cm³/mol. The average Bonchev–Trinajstić information content (AvgIpc) is 3.20. The lowest BCUT2D eigenvalue weighted by atomic mass is 9.68. The zero-order chi connectivity index (χ0) is 20.8. The number of hydrogen-bond acceptors (Lipinski definition) is 0. The van der Waals surface area contributed by atoms with Gasteiger partial charge >= 0.3 is 0 Å². The van der Waals surface area contributed by atoms with Gasteiger partial charge in [0.15, 0.2) is 0 Å². The normalized spacial score (nSPS) is 36.9. The molecular weight excluding hydrogens is 324 g/mol. The highest BCUT2D eigenvalue weighted by atomic mass is 14.5. The third-order valence-electron chi connectivity index (χ3n) is 8.76. The highest BCUT2D eigenvalue weighted by molar-refractivity contribution is 4.99.